The molecule has 1 N–H and O–H groups in total. The Balaban J connectivity index is 1.52. The fraction of sp³-hybridized carbons (Fsp3) is 0.429. The molecule has 6 heteroatoms. The van der Waals surface area contributed by atoms with Crippen LogP contribution in [0.15, 0.2) is 53.4 Å². The molecular formula is C21H27FN2O2S. The topological polar surface area (TPSA) is 49.4 Å². The van der Waals surface area contributed by atoms with E-state index < -0.39 is 10.0 Å². The van der Waals surface area contributed by atoms with Crippen LogP contribution >= 0.6 is 0 Å². The van der Waals surface area contributed by atoms with Crippen LogP contribution in [-0.2, 0) is 23.0 Å². The molecule has 2 aromatic rings. The van der Waals surface area contributed by atoms with Crippen LogP contribution in [-0.4, -0.2) is 33.5 Å². The highest BCUT2D eigenvalue weighted by atomic mass is 32.2. The van der Waals surface area contributed by atoms with Crippen molar-refractivity contribution < 1.29 is 12.8 Å². The number of likely N-dealkylation sites (tertiary alicyclic amines) is 1. The highest BCUT2D eigenvalue weighted by Crippen LogP contribution is 2.23. The summed E-state index contributed by atoms with van der Waals surface area (Å²) in [5.41, 5.74) is 2.32. The number of nitrogens with zero attached hydrogens (tertiary/aromatic N) is 1. The lowest BCUT2D eigenvalue weighted by molar-refractivity contribution is 0.162. The third-order valence-corrected chi connectivity index (χ3v) is 6.70. The van der Waals surface area contributed by atoms with Crippen molar-refractivity contribution in [3.63, 3.8) is 0 Å². The smallest absolute Gasteiger partial charge is 0.240 e. The van der Waals surface area contributed by atoms with E-state index in [1.807, 2.05) is 24.3 Å². The number of halogens is 1. The molecule has 1 saturated heterocycles. The molecule has 0 spiro atoms. The zero-order valence-corrected chi connectivity index (χ0v) is 16.5. The van der Waals surface area contributed by atoms with Gasteiger partial charge in [0.2, 0.25) is 10.0 Å². The van der Waals surface area contributed by atoms with Crippen LogP contribution < -0.4 is 4.72 Å². The largest absolute Gasteiger partial charge is 0.299 e. The van der Waals surface area contributed by atoms with E-state index in [-0.39, 0.29) is 5.82 Å². The fourth-order valence-corrected chi connectivity index (χ4v) is 4.43. The maximum Gasteiger partial charge on any atom is 0.240 e. The first-order valence-electron chi connectivity index (χ1n) is 9.45. The highest BCUT2D eigenvalue weighted by Gasteiger charge is 2.20. The summed E-state index contributed by atoms with van der Waals surface area (Å²) in [6.07, 6.45) is 4.51. The molecule has 1 atom stereocenters. The Hall–Kier alpha value is -1.76. The average Bonchev–Trinajstić information content (AvgIpc) is 2.68. The molecule has 2 aromatic carbocycles. The highest BCUT2D eigenvalue weighted by molar-refractivity contribution is 7.89. The molecule has 0 aromatic heterocycles. The lowest BCUT2D eigenvalue weighted by Crippen LogP contribution is -2.35. The molecule has 0 bridgehead atoms. The SMILES string of the molecule is CNS(=O)(=O)c1ccc(CN2CCC[C@@H](CCc3ccc(F)cc3)C2)cc1. The first kappa shape index (κ1) is 20.0. The normalized spacial score (nSPS) is 18.5. The van der Waals surface area contributed by atoms with Crippen LogP contribution in [0.2, 0.25) is 0 Å². The van der Waals surface area contributed by atoms with Crippen LogP contribution in [0.5, 0.6) is 0 Å². The van der Waals surface area contributed by atoms with Crippen LogP contribution in [0.4, 0.5) is 4.39 Å². The van der Waals surface area contributed by atoms with Gasteiger partial charge in [0, 0.05) is 13.1 Å². The average molecular weight is 391 g/mol. The van der Waals surface area contributed by atoms with Crippen molar-refractivity contribution in [2.24, 2.45) is 5.92 Å². The maximum atomic E-state index is 13.0. The number of nitrogens with one attached hydrogen (secondary N) is 1. The minimum absolute atomic E-state index is 0.184. The molecule has 1 heterocycles. The first-order valence-corrected chi connectivity index (χ1v) is 10.9. The molecule has 146 valence electrons. The van der Waals surface area contributed by atoms with E-state index in [1.165, 1.54) is 37.6 Å². The van der Waals surface area contributed by atoms with Crippen molar-refractivity contribution in [2.45, 2.75) is 37.1 Å². The molecule has 0 radical (unpaired) electrons. The molecule has 27 heavy (non-hydrogen) atoms. The van der Waals surface area contributed by atoms with E-state index in [0.717, 1.165) is 38.0 Å². The number of rotatable bonds is 7. The lowest BCUT2D eigenvalue weighted by Gasteiger charge is -2.33. The number of hydrogen-bond acceptors (Lipinski definition) is 3. The summed E-state index contributed by atoms with van der Waals surface area (Å²) in [6.45, 7) is 2.97. The summed E-state index contributed by atoms with van der Waals surface area (Å²) in [7, 11) is -1.96. The van der Waals surface area contributed by atoms with Gasteiger partial charge in [-0.2, -0.15) is 0 Å². The predicted molar refractivity (Wildman–Crippen MR) is 105 cm³/mol. The summed E-state index contributed by atoms with van der Waals surface area (Å²) in [6, 6.07) is 13.9. The minimum Gasteiger partial charge on any atom is -0.299 e. The van der Waals surface area contributed by atoms with Crippen molar-refractivity contribution in [3.8, 4) is 0 Å². The summed E-state index contributed by atoms with van der Waals surface area (Å²) in [5.74, 6) is 0.462. The molecule has 0 saturated carbocycles. The van der Waals surface area contributed by atoms with Gasteiger partial charge in [0.25, 0.3) is 0 Å². The van der Waals surface area contributed by atoms with Gasteiger partial charge in [0.05, 0.1) is 4.90 Å². The van der Waals surface area contributed by atoms with Gasteiger partial charge in [-0.25, -0.2) is 17.5 Å². The van der Waals surface area contributed by atoms with Gasteiger partial charge < -0.3 is 0 Å². The van der Waals surface area contributed by atoms with Gasteiger partial charge in [-0.15, -0.1) is 0 Å². The Kier molecular flexibility index (Phi) is 6.63. The molecule has 1 aliphatic heterocycles. The second kappa shape index (κ2) is 8.95. The quantitative estimate of drug-likeness (QED) is 0.786. The van der Waals surface area contributed by atoms with E-state index in [2.05, 4.69) is 9.62 Å². The van der Waals surface area contributed by atoms with Crippen LogP contribution in [0, 0.1) is 11.7 Å². The number of hydrogen-bond donors (Lipinski definition) is 1. The predicted octanol–water partition coefficient (Wildman–Crippen LogP) is 3.58. The first-order chi connectivity index (χ1) is 13.0. The molecule has 1 fully saturated rings. The Labute approximate surface area is 161 Å². The van der Waals surface area contributed by atoms with Gasteiger partial charge in [0.1, 0.15) is 5.82 Å². The van der Waals surface area contributed by atoms with E-state index >= 15 is 0 Å². The van der Waals surface area contributed by atoms with Crippen molar-refractivity contribution >= 4 is 10.0 Å². The minimum atomic E-state index is -3.38. The molecule has 0 amide bonds. The van der Waals surface area contributed by atoms with Crippen LogP contribution in [0.1, 0.15) is 30.4 Å². The third kappa shape index (κ3) is 5.61. The van der Waals surface area contributed by atoms with Crippen molar-refractivity contribution in [1.82, 2.24) is 9.62 Å². The number of piperidine rings is 1. The molecule has 0 aliphatic carbocycles. The van der Waals surface area contributed by atoms with E-state index in [4.69, 9.17) is 0 Å². The van der Waals surface area contributed by atoms with Gasteiger partial charge in [-0.1, -0.05) is 24.3 Å². The Morgan fingerprint density at radius 2 is 1.74 bits per heavy atom. The van der Waals surface area contributed by atoms with Gasteiger partial charge in [0.15, 0.2) is 0 Å². The molecular weight excluding hydrogens is 363 g/mol. The van der Waals surface area contributed by atoms with Gasteiger partial charge in [-0.05, 0) is 80.6 Å². The monoisotopic (exact) mass is 390 g/mol. The number of benzene rings is 2. The third-order valence-electron chi connectivity index (χ3n) is 5.27. The summed E-state index contributed by atoms with van der Waals surface area (Å²) in [5, 5.41) is 0. The summed E-state index contributed by atoms with van der Waals surface area (Å²) < 4.78 is 39.0. The van der Waals surface area contributed by atoms with Crippen LogP contribution in [0.3, 0.4) is 0 Å². The van der Waals surface area contributed by atoms with Crippen molar-refractivity contribution in [2.75, 3.05) is 20.1 Å². The number of aryl methyl sites for hydroxylation is 1. The van der Waals surface area contributed by atoms with Gasteiger partial charge in [-0.3, -0.25) is 4.90 Å². The Bertz CT molecular complexity index is 835. The second-order valence-electron chi connectivity index (χ2n) is 7.26. The molecule has 0 unspecified atom stereocenters. The van der Waals surface area contributed by atoms with Gasteiger partial charge >= 0.3 is 0 Å². The zero-order chi connectivity index (χ0) is 19.3. The zero-order valence-electron chi connectivity index (χ0n) is 15.7. The fourth-order valence-electron chi connectivity index (χ4n) is 3.70. The molecule has 1 aliphatic rings. The maximum absolute atomic E-state index is 13.0. The molecule has 3 rings (SSSR count). The molecule has 4 nitrogen and oxygen atoms in total. The van der Waals surface area contributed by atoms with E-state index in [1.54, 1.807) is 12.1 Å². The standard InChI is InChI=1S/C21H27FN2O2S/c1-23-27(25,26)21-12-8-19(9-13-21)16-24-14-2-3-18(15-24)5-4-17-6-10-20(22)11-7-17/h6-13,18,23H,2-5,14-16H2,1H3/t18-/m0/s1. The van der Waals surface area contributed by atoms with E-state index in [9.17, 15) is 12.8 Å². The van der Waals surface area contributed by atoms with Crippen molar-refractivity contribution in [1.29, 1.82) is 0 Å². The van der Waals surface area contributed by atoms with Crippen molar-refractivity contribution in [3.05, 3.63) is 65.5 Å². The Morgan fingerprint density at radius 3 is 2.41 bits per heavy atom. The second-order valence-corrected chi connectivity index (χ2v) is 9.15. The Morgan fingerprint density at radius 1 is 1.07 bits per heavy atom. The summed E-state index contributed by atoms with van der Waals surface area (Å²) in [4.78, 5) is 2.74. The van der Waals surface area contributed by atoms with E-state index in [0.29, 0.717) is 10.8 Å². The number of sulfonamides is 1. The van der Waals surface area contributed by atoms with Crippen LogP contribution in [0.25, 0.3) is 0 Å². The summed E-state index contributed by atoms with van der Waals surface area (Å²) >= 11 is 0. The lowest BCUT2D eigenvalue weighted by atomic mass is 9.91.